The van der Waals surface area contributed by atoms with Gasteiger partial charge in [-0.15, -0.1) is 40.7 Å². The topological polar surface area (TPSA) is 63.8 Å². The standard InChI is InChI=1S/C63H69N4OS.Pt/c1-37-53-46-27-25-38(36-59(2,3)4)29-52(46)69-57(53)54(66-65-37)41-30-40(31-43(32-41)61(8,9)10)45-23-20-24-51-55(45)64-58(48-34-44(62(11,12)13)35-49(56(48)68)63(14,15)16)67(51)50-28-26-42(60(5,6)7)33-47(50)39-21-18-17-19-22-39;/h17-29,31-35,68H,36H2,1-16H3;/q-1;. The number of aryl methyl sites for hydroxylation is 1. The molecule has 0 radical (unpaired) electrons. The molecule has 0 atom stereocenters. The van der Waals surface area contributed by atoms with Crippen LogP contribution < -0.4 is 0 Å². The molecule has 5 nitrogen and oxygen atoms in total. The fraction of sp³-hybridized carbons (Fsp3) is 0.349. The van der Waals surface area contributed by atoms with E-state index in [9.17, 15) is 5.11 Å². The molecule has 7 heteroatoms. The minimum absolute atomic E-state index is 0. The zero-order valence-corrected chi connectivity index (χ0v) is 47.1. The van der Waals surface area contributed by atoms with E-state index in [0.717, 1.165) is 83.6 Å². The number of phenolic OH excluding ortho intramolecular Hbond substituents is 1. The van der Waals surface area contributed by atoms with Gasteiger partial charge in [0.2, 0.25) is 0 Å². The van der Waals surface area contributed by atoms with E-state index in [-0.39, 0.29) is 53.9 Å². The number of imidazole rings is 1. The van der Waals surface area contributed by atoms with Gasteiger partial charge in [-0.1, -0.05) is 182 Å². The second kappa shape index (κ2) is 18.0. The van der Waals surface area contributed by atoms with Crippen LogP contribution in [0.5, 0.6) is 5.75 Å². The molecule has 0 aliphatic rings. The van der Waals surface area contributed by atoms with Crippen molar-refractivity contribution in [3.8, 4) is 56.3 Å². The summed E-state index contributed by atoms with van der Waals surface area (Å²) < 4.78 is 4.66. The molecular weight excluding hydrogens is 1060 g/mol. The minimum atomic E-state index is -0.335. The predicted molar refractivity (Wildman–Crippen MR) is 294 cm³/mol. The van der Waals surface area contributed by atoms with E-state index in [2.05, 4.69) is 231 Å². The number of aromatic nitrogens is 4. The summed E-state index contributed by atoms with van der Waals surface area (Å²) in [6, 6.07) is 43.7. The number of fused-ring (bicyclic) bond motifs is 4. The Hall–Kier alpha value is -5.42. The number of thiophene rings is 1. The summed E-state index contributed by atoms with van der Waals surface area (Å²) in [6.45, 7) is 35.8. The molecule has 70 heavy (non-hydrogen) atoms. The van der Waals surface area contributed by atoms with Crippen molar-refractivity contribution in [3.63, 3.8) is 0 Å². The second-order valence-electron chi connectivity index (χ2n) is 24.7. The van der Waals surface area contributed by atoms with Crippen LogP contribution in [-0.4, -0.2) is 24.9 Å². The molecular formula is C63H69N4OPtS-. The van der Waals surface area contributed by atoms with Gasteiger partial charge in [-0.05, 0) is 93.0 Å². The molecule has 0 bridgehead atoms. The van der Waals surface area contributed by atoms with Gasteiger partial charge in [-0.3, -0.25) is 4.57 Å². The van der Waals surface area contributed by atoms with E-state index >= 15 is 0 Å². The van der Waals surface area contributed by atoms with E-state index < -0.39 is 0 Å². The van der Waals surface area contributed by atoms with Gasteiger partial charge in [0.15, 0.2) is 0 Å². The van der Waals surface area contributed by atoms with Gasteiger partial charge in [-0.25, -0.2) is 4.98 Å². The number of phenols is 1. The van der Waals surface area contributed by atoms with Crippen LogP contribution in [0.3, 0.4) is 0 Å². The molecule has 364 valence electrons. The molecule has 1 N–H and O–H groups in total. The van der Waals surface area contributed by atoms with Gasteiger partial charge >= 0.3 is 0 Å². The molecule has 0 saturated carbocycles. The van der Waals surface area contributed by atoms with Crippen LogP contribution in [0.4, 0.5) is 0 Å². The fourth-order valence-electron chi connectivity index (χ4n) is 9.66. The van der Waals surface area contributed by atoms with Crippen molar-refractivity contribution in [3.05, 3.63) is 149 Å². The third kappa shape index (κ3) is 9.68. The first kappa shape index (κ1) is 50.9. The van der Waals surface area contributed by atoms with Gasteiger partial charge in [-0.2, -0.15) is 10.2 Å². The van der Waals surface area contributed by atoms with E-state index in [1.807, 2.05) is 0 Å². The maximum atomic E-state index is 12.6. The number of hydrogen-bond acceptors (Lipinski definition) is 5. The molecule has 0 amide bonds. The zero-order chi connectivity index (χ0) is 49.7. The molecule has 3 heterocycles. The third-order valence-electron chi connectivity index (χ3n) is 13.5. The van der Waals surface area contributed by atoms with Crippen LogP contribution in [-0.2, 0) is 49.1 Å². The molecule has 9 aromatic rings. The van der Waals surface area contributed by atoms with Gasteiger partial charge in [0, 0.05) is 58.1 Å². The molecule has 3 aromatic heterocycles. The Labute approximate surface area is 435 Å². The van der Waals surface area contributed by atoms with Crippen LogP contribution in [0.2, 0.25) is 0 Å². The van der Waals surface area contributed by atoms with E-state index in [1.54, 1.807) is 11.3 Å². The molecule has 9 rings (SSSR count). The smallest absolute Gasteiger partial charge is 0.148 e. The largest absolute Gasteiger partial charge is 0.507 e. The first-order valence-electron chi connectivity index (χ1n) is 24.5. The van der Waals surface area contributed by atoms with Crippen molar-refractivity contribution in [1.82, 2.24) is 19.7 Å². The summed E-state index contributed by atoms with van der Waals surface area (Å²) in [5.41, 5.74) is 15.4. The summed E-state index contributed by atoms with van der Waals surface area (Å²) in [7, 11) is 0. The Morgan fingerprint density at radius 1 is 0.600 bits per heavy atom. The maximum absolute atomic E-state index is 12.6. The van der Waals surface area contributed by atoms with Crippen LogP contribution >= 0.6 is 11.3 Å². The van der Waals surface area contributed by atoms with Gasteiger partial charge in [0.1, 0.15) is 11.6 Å². The Bertz CT molecular complexity index is 3450. The van der Waals surface area contributed by atoms with Gasteiger partial charge in [0.25, 0.3) is 0 Å². The minimum Gasteiger partial charge on any atom is -0.507 e. The van der Waals surface area contributed by atoms with Crippen molar-refractivity contribution in [2.75, 3.05) is 0 Å². The summed E-state index contributed by atoms with van der Waals surface area (Å²) >= 11 is 1.80. The van der Waals surface area contributed by atoms with Gasteiger partial charge in [0.05, 0.1) is 28.0 Å². The van der Waals surface area contributed by atoms with E-state index in [4.69, 9.17) is 15.2 Å². The van der Waals surface area contributed by atoms with Crippen molar-refractivity contribution >= 4 is 42.5 Å². The number of nitrogens with zero attached hydrogens (tertiary/aromatic N) is 4. The monoisotopic (exact) mass is 1120 g/mol. The van der Waals surface area contributed by atoms with E-state index in [1.165, 1.54) is 26.8 Å². The molecule has 0 aliphatic heterocycles. The number of benzene rings is 6. The Morgan fingerprint density at radius 3 is 1.89 bits per heavy atom. The zero-order valence-electron chi connectivity index (χ0n) is 44.1. The Balaban J connectivity index is 0.00000659. The molecule has 6 aromatic carbocycles. The fourth-order valence-corrected chi connectivity index (χ4v) is 11.0. The second-order valence-corrected chi connectivity index (χ2v) is 25.7. The van der Waals surface area contributed by atoms with E-state index in [0.29, 0.717) is 11.4 Å². The molecule has 0 unspecified atom stereocenters. The number of hydrogen-bond donors (Lipinski definition) is 1. The summed E-state index contributed by atoms with van der Waals surface area (Å²) in [4.78, 5) is 5.72. The first-order chi connectivity index (χ1) is 32.2. The summed E-state index contributed by atoms with van der Waals surface area (Å²) in [5, 5.41) is 24.8. The molecule has 0 fully saturated rings. The van der Waals surface area contributed by atoms with Crippen molar-refractivity contribution < 1.29 is 26.2 Å². The van der Waals surface area contributed by atoms with Crippen molar-refractivity contribution in [2.24, 2.45) is 5.41 Å². The number of aromatic hydroxyl groups is 1. The molecule has 0 spiro atoms. The van der Waals surface area contributed by atoms with Gasteiger partial charge < -0.3 is 5.11 Å². The molecule has 0 saturated heterocycles. The summed E-state index contributed by atoms with van der Waals surface area (Å²) in [6.07, 6.45) is 1.00. The van der Waals surface area contributed by atoms with Crippen LogP contribution in [0, 0.1) is 18.4 Å². The quantitative estimate of drug-likeness (QED) is 0.169. The first-order valence-corrected chi connectivity index (χ1v) is 25.4. The van der Waals surface area contributed by atoms with Crippen LogP contribution in [0.1, 0.15) is 137 Å². The predicted octanol–water partition coefficient (Wildman–Crippen LogP) is 17.4. The Morgan fingerprint density at radius 2 is 1.24 bits per heavy atom. The average molecular weight is 1130 g/mol. The summed E-state index contributed by atoms with van der Waals surface area (Å²) in [5.74, 6) is 0.933. The van der Waals surface area contributed by atoms with Crippen LogP contribution in [0.25, 0.3) is 81.8 Å². The number of para-hydroxylation sites is 1. The van der Waals surface area contributed by atoms with Crippen LogP contribution in [0.15, 0.2) is 109 Å². The third-order valence-corrected chi connectivity index (χ3v) is 14.7. The number of rotatable bonds is 6. The average Bonchev–Trinajstić information content (AvgIpc) is 3.84. The maximum Gasteiger partial charge on any atom is 0.148 e. The molecule has 0 aliphatic carbocycles. The van der Waals surface area contributed by atoms with Crippen molar-refractivity contribution in [2.45, 2.75) is 139 Å². The Kier molecular flexibility index (Phi) is 13.1. The van der Waals surface area contributed by atoms with Crippen molar-refractivity contribution in [1.29, 1.82) is 0 Å². The SMILES string of the molecule is Cc1nnc(-c2[c-]c(-c3cccc4c3nc(-c3cc(C(C)(C)C)cc(C(C)(C)C)c3O)n4-c3ccc(C(C)(C)C)cc3-c3ccccc3)cc(C(C)(C)C)c2)c2sc3cc(CC(C)(C)C)ccc3c12.[Pt]. The normalized spacial score (nSPS) is 12.9.